The maximum absolute atomic E-state index is 14.0. The van der Waals surface area contributed by atoms with Crippen molar-refractivity contribution >= 4 is 46.4 Å². The van der Waals surface area contributed by atoms with Crippen molar-refractivity contribution in [2.24, 2.45) is 11.8 Å². The molecule has 0 aromatic heterocycles. The summed E-state index contributed by atoms with van der Waals surface area (Å²) in [6, 6.07) is 7.47. The molecule has 0 saturated carbocycles. The van der Waals surface area contributed by atoms with Crippen LogP contribution in [0.15, 0.2) is 30.3 Å². The zero-order valence-corrected chi connectivity index (χ0v) is 19.3. The van der Waals surface area contributed by atoms with Crippen LogP contribution < -0.4 is 10.2 Å². The monoisotopic (exact) mass is 480 g/mol. The van der Waals surface area contributed by atoms with Crippen LogP contribution in [0.2, 0.25) is 5.02 Å². The van der Waals surface area contributed by atoms with Gasteiger partial charge in [0.2, 0.25) is 11.8 Å². The second-order valence-electron chi connectivity index (χ2n) is 9.54. The molecule has 174 valence electrons. The lowest BCUT2D eigenvalue weighted by molar-refractivity contribution is -0.384. The van der Waals surface area contributed by atoms with Crippen LogP contribution in [-0.4, -0.2) is 40.1 Å². The van der Waals surface area contributed by atoms with Gasteiger partial charge in [-0.3, -0.25) is 29.4 Å². The molecule has 6 rings (SSSR count). The van der Waals surface area contributed by atoms with Gasteiger partial charge in [0.1, 0.15) is 5.54 Å². The van der Waals surface area contributed by atoms with Gasteiger partial charge in [0.25, 0.3) is 11.6 Å². The highest BCUT2D eigenvalue weighted by molar-refractivity contribution is 6.35. The number of non-ortho nitro benzene ring substituents is 1. The van der Waals surface area contributed by atoms with Crippen molar-refractivity contribution in [3.8, 4) is 0 Å². The highest BCUT2D eigenvalue weighted by atomic mass is 35.5. The molecule has 0 unspecified atom stereocenters. The Hall–Kier alpha value is -3.30. The van der Waals surface area contributed by atoms with E-state index in [9.17, 15) is 24.5 Å². The summed E-state index contributed by atoms with van der Waals surface area (Å²) in [5.74, 6) is -2.74. The lowest BCUT2D eigenvalue weighted by Crippen LogP contribution is -2.54. The van der Waals surface area contributed by atoms with Gasteiger partial charge in [-0.05, 0) is 56.5 Å². The van der Waals surface area contributed by atoms with E-state index in [-0.39, 0.29) is 23.5 Å². The highest BCUT2D eigenvalue weighted by Crippen LogP contribution is 2.61. The normalized spacial score (nSPS) is 29.6. The predicted octanol–water partition coefficient (Wildman–Crippen LogP) is 3.30. The van der Waals surface area contributed by atoms with Crippen LogP contribution in [0.5, 0.6) is 0 Å². The van der Waals surface area contributed by atoms with Gasteiger partial charge in [-0.1, -0.05) is 17.7 Å². The number of hydrogen-bond donors (Lipinski definition) is 1. The van der Waals surface area contributed by atoms with Gasteiger partial charge in [0, 0.05) is 23.7 Å². The first-order valence-electron chi connectivity index (χ1n) is 11.2. The number of fused-ring (bicyclic) bond motifs is 7. The first kappa shape index (κ1) is 21.2. The summed E-state index contributed by atoms with van der Waals surface area (Å²) < 4.78 is 0. The summed E-state index contributed by atoms with van der Waals surface area (Å²) in [6.45, 7) is 4.12. The number of rotatable bonds is 2. The summed E-state index contributed by atoms with van der Waals surface area (Å²) in [4.78, 5) is 55.4. The number of imide groups is 1. The third-order valence-corrected chi connectivity index (χ3v) is 8.13. The summed E-state index contributed by atoms with van der Waals surface area (Å²) in [7, 11) is 0. The second kappa shape index (κ2) is 6.86. The van der Waals surface area contributed by atoms with Crippen LogP contribution in [0.4, 0.5) is 17.1 Å². The summed E-state index contributed by atoms with van der Waals surface area (Å²) >= 11 is 6.49. The van der Waals surface area contributed by atoms with Crippen molar-refractivity contribution in [3.05, 3.63) is 62.2 Å². The Morgan fingerprint density at radius 3 is 2.62 bits per heavy atom. The SMILES string of the molecule is Cc1cc(Cl)c2c(c1)[C@]1(C(=O)N2)[C@@H]2C(=O)N(c3ccc([N+](=O)[O-])cc3C)C(=O)[C@@H]2[C@@H]2CCCN21. The number of nitro groups is 1. The number of aryl methyl sites for hydroxylation is 2. The van der Waals surface area contributed by atoms with Crippen LogP contribution in [0, 0.1) is 35.8 Å². The smallest absolute Gasteiger partial charge is 0.269 e. The Balaban J connectivity index is 1.54. The number of halogens is 1. The average Bonchev–Trinajstić information content (AvgIpc) is 3.48. The number of anilines is 2. The maximum atomic E-state index is 14.0. The van der Waals surface area contributed by atoms with Crippen LogP contribution in [-0.2, 0) is 19.9 Å². The van der Waals surface area contributed by atoms with Gasteiger partial charge in [-0.25, -0.2) is 4.90 Å². The number of carbonyl (C=O) groups excluding carboxylic acids is 3. The van der Waals surface area contributed by atoms with E-state index < -0.39 is 28.2 Å². The zero-order chi connectivity index (χ0) is 24.1. The standard InChI is InChI=1S/C24H21ClN4O5/c1-11-8-14-20(15(25)9-11)26-23(32)24(14)19-18(17-4-3-7-27(17)24)21(30)28(22(19)31)16-6-5-13(29(33)34)10-12(16)2/h5-6,8-10,17-19H,3-4,7H2,1-2H3,(H,26,32)/t17-,18+,19-,24+/m0/s1. The van der Waals surface area contributed by atoms with E-state index in [0.717, 1.165) is 16.9 Å². The fourth-order valence-electron chi connectivity index (χ4n) is 6.64. The molecule has 4 aliphatic heterocycles. The fraction of sp³-hybridized carbons (Fsp3) is 0.375. The van der Waals surface area contributed by atoms with E-state index >= 15 is 0 Å². The molecule has 0 bridgehead atoms. The third-order valence-electron chi connectivity index (χ3n) is 7.83. The number of nitro benzene ring substituents is 1. The molecule has 3 amide bonds. The third kappa shape index (κ3) is 2.40. The molecular weight excluding hydrogens is 460 g/mol. The van der Waals surface area contributed by atoms with Gasteiger partial charge >= 0.3 is 0 Å². The lowest BCUT2D eigenvalue weighted by atomic mass is 9.75. The zero-order valence-electron chi connectivity index (χ0n) is 18.5. The van der Waals surface area contributed by atoms with Gasteiger partial charge in [-0.15, -0.1) is 0 Å². The number of amides is 3. The van der Waals surface area contributed by atoms with E-state index in [1.807, 2.05) is 17.9 Å². The molecule has 1 N–H and O–H groups in total. The molecule has 2 aromatic carbocycles. The van der Waals surface area contributed by atoms with Crippen LogP contribution in [0.3, 0.4) is 0 Å². The number of carbonyl (C=O) groups is 3. The van der Waals surface area contributed by atoms with Crippen LogP contribution in [0.25, 0.3) is 0 Å². The van der Waals surface area contributed by atoms with Crippen LogP contribution >= 0.6 is 11.6 Å². The number of nitrogens with one attached hydrogen (secondary N) is 1. The van der Waals surface area contributed by atoms with Gasteiger partial charge in [0.05, 0.1) is 33.2 Å². The Morgan fingerprint density at radius 2 is 1.91 bits per heavy atom. The van der Waals surface area contributed by atoms with Crippen molar-refractivity contribution in [1.82, 2.24) is 4.90 Å². The van der Waals surface area contributed by atoms with Gasteiger partial charge in [-0.2, -0.15) is 0 Å². The van der Waals surface area contributed by atoms with Gasteiger partial charge in [0.15, 0.2) is 0 Å². The quantitative estimate of drug-likeness (QED) is 0.401. The molecule has 4 aliphatic rings. The van der Waals surface area contributed by atoms with E-state index in [0.29, 0.717) is 40.5 Å². The molecule has 0 radical (unpaired) electrons. The molecule has 4 atom stereocenters. The minimum atomic E-state index is -1.31. The number of nitrogens with zero attached hydrogens (tertiary/aromatic N) is 3. The Morgan fingerprint density at radius 1 is 1.15 bits per heavy atom. The second-order valence-corrected chi connectivity index (χ2v) is 9.94. The lowest BCUT2D eigenvalue weighted by Gasteiger charge is -2.37. The van der Waals surface area contributed by atoms with Gasteiger partial charge < -0.3 is 5.32 Å². The Bertz CT molecular complexity index is 1340. The van der Waals surface area contributed by atoms with E-state index in [4.69, 9.17) is 11.6 Å². The molecule has 34 heavy (non-hydrogen) atoms. The predicted molar refractivity (Wildman–Crippen MR) is 124 cm³/mol. The van der Waals surface area contributed by atoms with Crippen molar-refractivity contribution < 1.29 is 19.3 Å². The molecule has 9 nitrogen and oxygen atoms in total. The Kier molecular flexibility index (Phi) is 4.29. The number of benzene rings is 2. The molecule has 4 heterocycles. The summed E-state index contributed by atoms with van der Waals surface area (Å²) in [5, 5.41) is 14.5. The molecular formula is C24H21ClN4O5. The van der Waals surface area contributed by atoms with Crippen molar-refractivity contribution in [2.75, 3.05) is 16.8 Å². The minimum Gasteiger partial charge on any atom is -0.323 e. The molecule has 1 spiro atoms. The fourth-order valence-corrected chi connectivity index (χ4v) is 6.96. The average molecular weight is 481 g/mol. The highest BCUT2D eigenvalue weighted by Gasteiger charge is 2.74. The minimum absolute atomic E-state index is 0.117. The molecule has 3 fully saturated rings. The van der Waals surface area contributed by atoms with Crippen molar-refractivity contribution in [1.29, 1.82) is 0 Å². The maximum Gasteiger partial charge on any atom is 0.269 e. The molecule has 2 aromatic rings. The van der Waals surface area contributed by atoms with E-state index in [2.05, 4.69) is 5.32 Å². The van der Waals surface area contributed by atoms with Crippen molar-refractivity contribution in [3.63, 3.8) is 0 Å². The summed E-state index contributed by atoms with van der Waals surface area (Å²) in [6.07, 6.45) is 1.52. The summed E-state index contributed by atoms with van der Waals surface area (Å²) in [5.41, 5.74) is 1.33. The largest absolute Gasteiger partial charge is 0.323 e. The molecule has 10 heteroatoms. The first-order valence-corrected chi connectivity index (χ1v) is 11.6. The first-order chi connectivity index (χ1) is 16.2. The number of hydrogen-bond acceptors (Lipinski definition) is 6. The molecule has 0 aliphatic carbocycles. The van der Waals surface area contributed by atoms with E-state index in [1.54, 1.807) is 13.0 Å². The van der Waals surface area contributed by atoms with Crippen LogP contribution in [0.1, 0.15) is 29.5 Å². The Labute approximate surface area is 199 Å². The van der Waals surface area contributed by atoms with Crippen molar-refractivity contribution in [2.45, 2.75) is 38.3 Å². The van der Waals surface area contributed by atoms with E-state index in [1.165, 1.54) is 18.2 Å². The molecule has 3 saturated heterocycles. The topological polar surface area (TPSA) is 113 Å².